The number of carbonyl (C=O) groups is 1. The van der Waals surface area contributed by atoms with Crippen molar-refractivity contribution >= 4 is 11.6 Å². The van der Waals surface area contributed by atoms with Crippen LogP contribution < -0.4 is 11.1 Å². The number of rotatable bonds is 4. The quantitative estimate of drug-likeness (QED) is 0.887. The molecular formula is C13H17F3N2O. The van der Waals surface area contributed by atoms with Gasteiger partial charge in [-0.15, -0.1) is 0 Å². The maximum atomic E-state index is 12.9. The lowest BCUT2D eigenvalue weighted by atomic mass is 10.0. The molecule has 1 atom stereocenters. The summed E-state index contributed by atoms with van der Waals surface area (Å²) >= 11 is 0. The summed E-state index contributed by atoms with van der Waals surface area (Å²) in [6, 6.07) is 3.76. The monoisotopic (exact) mass is 274 g/mol. The fourth-order valence-electron chi connectivity index (χ4n) is 1.75. The molecule has 1 aromatic carbocycles. The second kappa shape index (κ2) is 6.06. The molecule has 19 heavy (non-hydrogen) atoms. The fraction of sp³-hybridized carbons (Fsp3) is 0.462. The summed E-state index contributed by atoms with van der Waals surface area (Å²) in [5, 5.41) is 2.27. The molecule has 1 amide bonds. The predicted molar refractivity (Wildman–Crippen MR) is 67.7 cm³/mol. The summed E-state index contributed by atoms with van der Waals surface area (Å²) in [7, 11) is 0. The van der Waals surface area contributed by atoms with E-state index in [2.05, 4.69) is 5.32 Å². The number of carbonyl (C=O) groups excluding carboxylic acids is 1. The predicted octanol–water partition coefficient (Wildman–Crippen LogP) is 2.94. The zero-order valence-corrected chi connectivity index (χ0v) is 10.8. The van der Waals surface area contributed by atoms with E-state index >= 15 is 0 Å². The first kappa shape index (κ1) is 15.5. The molecule has 0 aliphatic carbocycles. The van der Waals surface area contributed by atoms with Gasteiger partial charge in [-0.25, -0.2) is 0 Å². The van der Waals surface area contributed by atoms with Gasteiger partial charge in [-0.3, -0.25) is 4.79 Å². The van der Waals surface area contributed by atoms with E-state index in [-0.39, 0.29) is 11.7 Å². The number of para-hydroxylation sites is 1. The van der Waals surface area contributed by atoms with Gasteiger partial charge in [0.2, 0.25) is 5.91 Å². The minimum atomic E-state index is -4.50. The Hall–Kier alpha value is -1.56. The normalized spacial score (nSPS) is 13.2. The van der Waals surface area contributed by atoms with E-state index in [9.17, 15) is 18.0 Å². The lowest BCUT2D eigenvalue weighted by Gasteiger charge is -2.17. The van der Waals surface area contributed by atoms with Crippen molar-refractivity contribution < 1.29 is 18.0 Å². The molecule has 0 heterocycles. The average molecular weight is 274 g/mol. The first-order valence-electron chi connectivity index (χ1n) is 5.94. The SMILES string of the molecule is CC(=O)Nc1c(CCC(C)N)cccc1C(F)(F)F. The Morgan fingerprint density at radius 2 is 2.05 bits per heavy atom. The molecule has 0 saturated heterocycles. The summed E-state index contributed by atoms with van der Waals surface area (Å²) in [4.78, 5) is 11.1. The third kappa shape index (κ3) is 4.55. The Morgan fingerprint density at radius 1 is 1.42 bits per heavy atom. The zero-order valence-electron chi connectivity index (χ0n) is 10.8. The van der Waals surface area contributed by atoms with Crippen LogP contribution in [0.15, 0.2) is 18.2 Å². The number of nitrogens with one attached hydrogen (secondary N) is 1. The van der Waals surface area contributed by atoms with Crippen LogP contribution in [-0.2, 0) is 17.4 Å². The molecule has 0 bridgehead atoms. The van der Waals surface area contributed by atoms with Crippen LogP contribution in [0.25, 0.3) is 0 Å². The number of hydrogen-bond donors (Lipinski definition) is 2. The number of hydrogen-bond acceptors (Lipinski definition) is 2. The topological polar surface area (TPSA) is 55.1 Å². The molecule has 0 aliphatic heterocycles. The first-order valence-corrected chi connectivity index (χ1v) is 5.94. The van der Waals surface area contributed by atoms with Crippen molar-refractivity contribution in [2.75, 3.05) is 5.32 Å². The van der Waals surface area contributed by atoms with E-state index < -0.39 is 17.6 Å². The zero-order chi connectivity index (χ0) is 14.6. The molecule has 3 nitrogen and oxygen atoms in total. The summed E-state index contributed by atoms with van der Waals surface area (Å²) in [5.74, 6) is -0.529. The van der Waals surface area contributed by atoms with E-state index in [1.165, 1.54) is 13.0 Å². The highest BCUT2D eigenvalue weighted by Gasteiger charge is 2.34. The molecule has 0 aromatic heterocycles. The van der Waals surface area contributed by atoms with Crippen LogP contribution in [0.1, 0.15) is 31.4 Å². The second-order valence-electron chi connectivity index (χ2n) is 4.53. The number of alkyl halides is 3. The summed E-state index contributed by atoms with van der Waals surface area (Å²) < 4.78 is 38.7. The van der Waals surface area contributed by atoms with Gasteiger partial charge in [0, 0.05) is 13.0 Å². The smallest absolute Gasteiger partial charge is 0.328 e. The van der Waals surface area contributed by atoms with Gasteiger partial charge in [-0.05, 0) is 31.4 Å². The van der Waals surface area contributed by atoms with E-state index in [1.54, 1.807) is 13.0 Å². The van der Waals surface area contributed by atoms with Crippen molar-refractivity contribution in [2.45, 2.75) is 38.9 Å². The lowest BCUT2D eigenvalue weighted by molar-refractivity contribution is -0.137. The summed E-state index contributed by atoms with van der Waals surface area (Å²) in [6.45, 7) is 2.97. The van der Waals surface area contributed by atoms with Gasteiger partial charge in [0.25, 0.3) is 0 Å². The van der Waals surface area contributed by atoms with Gasteiger partial charge >= 0.3 is 6.18 Å². The highest BCUT2D eigenvalue weighted by atomic mass is 19.4. The van der Waals surface area contributed by atoms with Crippen molar-refractivity contribution in [3.63, 3.8) is 0 Å². The van der Waals surface area contributed by atoms with Crippen molar-refractivity contribution in [1.82, 2.24) is 0 Å². The van der Waals surface area contributed by atoms with Crippen molar-refractivity contribution in [3.05, 3.63) is 29.3 Å². The van der Waals surface area contributed by atoms with Gasteiger partial charge < -0.3 is 11.1 Å². The number of benzene rings is 1. The molecule has 1 rings (SSSR count). The molecule has 6 heteroatoms. The second-order valence-corrected chi connectivity index (χ2v) is 4.53. The average Bonchev–Trinajstić information content (AvgIpc) is 2.25. The third-order valence-electron chi connectivity index (χ3n) is 2.63. The van der Waals surface area contributed by atoms with Crippen LogP contribution in [0.2, 0.25) is 0 Å². The van der Waals surface area contributed by atoms with Gasteiger partial charge in [0.05, 0.1) is 11.3 Å². The van der Waals surface area contributed by atoms with E-state index in [0.717, 1.165) is 6.07 Å². The highest BCUT2D eigenvalue weighted by Crippen LogP contribution is 2.37. The molecule has 106 valence electrons. The van der Waals surface area contributed by atoms with Crippen molar-refractivity contribution in [1.29, 1.82) is 0 Å². The maximum absolute atomic E-state index is 12.9. The minimum absolute atomic E-state index is 0.111. The Morgan fingerprint density at radius 3 is 2.53 bits per heavy atom. The summed E-state index contributed by atoms with van der Waals surface area (Å²) in [6.07, 6.45) is -3.56. The largest absolute Gasteiger partial charge is 0.418 e. The molecule has 0 radical (unpaired) electrons. The number of amides is 1. The third-order valence-corrected chi connectivity index (χ3v) is 2.63. The highest BCUT2D eigenvalue weighted by molar-refractivity contribution is 5.90. The van der Waals surface area contributed by atoms with Crippen LogP contribution >= 0.6 is 0 Å². The number of aryl methyl sites for hydroxylation is 1. The minimum Gasteiger partial charge on any atom is -0.328 e. The molecule has 3 N–H and O–H groups in total. The van der Waals surface area contributed by atoms with E-state index in [0.29, 0.717) is 18.4 Å². The molecule has 0 spiro atoms. The van der Waals surface area contributed by atoms with Crippen LogP contribution in [0.3, 0.4) is 0 Å². The van der Waals surface area contributed by atoms with Crippen molar-refractivity contribution in [3.8, 4) is 0 Å². The van der Waals surface area contributed by atoms with Crippen LogP contribution in [0.4, 0.5) is 18.9 Å². The Labute approximate surface area is 110 Å². The van der Waals surface area contributed by atoms with Crippen molar-refractivity contribution in [2.24, 2.45) is 5.73 Å². The lowest BCUT2D eigenvalue weighted by Crippen LogP contribution is -2.18. The molecule has 0 fully saturated rings. The molecule has 1 unspecified atom stereocenters. The molecular weight excluding hydrogens is 257 g/mol. The fourth-order valence-corrected chi connectivity index (χ4v) is 1.75. The first-order chi connectivity index (χ1) is 8.71. The molecule has 0 aliphatic rings. The summed E-state index contributed by atoms with van der Waals surface area (Å²) in [5.41, 5.74) is 5.06. The van der Waals surface area contributed by atoms with E-state index in [4.69, 9.17) is 5.73 Å². The Balaban J connectivity index is 3.18. The molecule has 0 saturated carbocycles. The number of halogens is 3. The maximum Gasteiger partial charge on any atom is 0.418 e. The van der Waals surface area contributed by atoms with Crippen LogP contribution in [0.5, 0.6) is 0 Å². The van der Waals surface area contributed by atoms with Gasteiger partial charge in [-0.1, -0.05) is 12.1 Å². The van der Waals surface area contributed by atoms with Gasteiger partial charge in [-0.2, -0.15) is 13.2 Å². The Bertz CT molecular complexity index is 456. The standard InChI is InChI=1S/C13H17F3N2O/c1-8(17)6-7-10-4-3-5-11(13(14,15)16)12(10)18-9(2)19/h3-5,8H,6-7,17H2,1-2H3,(H,18,19). The van der Waals surface area contributed by atoms with E-state index in [1.807, 2.05) is 0 Å². The number of nitrogens with two attached hydrogens (primary N) is 1. The van der Waals surface area contributed by atoms with Crippen LogP contribution in [-0.4, -0.2) is 11.9 Å². The van der Waals surface area contributed by atoms with Crippen LogP contribution in [0, 0.1) is 0 Å². The van der Waals surface area contributed by atoms with Gasteiger partial charge in [0.15, 0.2) is 0 Å². The Kier molecular flexibility index (Phi) is 4.94. The number of anilines is 1. The van der Waals surface area contributed by atoms with Gasteiger partial charge in [0.1, 0.15) is 0 Å². The molecule has 1 aromatic rings.